The number of carboxylic acid groups (broad SMARTS) is 1. The normalized spacial score (nSPS) is 12.1. The molecule has 3 aromatic rings. The molecule has 2 heterocycles. The van der Waals surface area contributed by atoms with Crippen molar-refractivity contribution in [2.75, 3.05) is 4.90 Å². The first-order chi connectivity index (χ1) is 14.4. The zero-order valence-corrected chi connectivity index (χ0v) is 17.1. The molecule has 1 amide bonds. The molecule has 7 nitrogen and oxygen atoms in total. The second-order valence-corrected chi connectivity index (χ2v) is 7.89. The summed E-state index contributed by atoms with van der Waals surface area (Å²) in [6.07, 6.45) is -3.55. The topological polar surface area (TPSA) is 92.4 Å². The average molecular weight is 434 g/mol. The SMILES string of the molecule is CC(C)(C)N(C(=O)O)c1cc(-c2nnc(CCc3cccc(C(F)(F)F)c3)o2)ccn1. The van der Waals surface area contributed by atoms with Crippen molar-refractivity contribution in [2.45, 2.75) is 45.3 Å². The van der Waals surface area contributed by atoms with Crippen molar-refractivity contribution >= 4 is 11.9 Å². The van der Waals surface area contributed by atoms with Crippen molar-refractivity contribution < 1.29 is 27.5 Å². The number of halogens is 3. The van der Waals surface area contributed by atoms with E-state index in [1.807, 2.05) is 0 Å². The number of benzene rings is 1. The number of pyridine rings is 1. The Hall–Kier alpha value is -3.43. The first kappa shape index (κ1) is 22.3. The quantitative estimate of drug-likeness (QED) is 0.592. The van der Waals surface area contributed by atoms with E-state index >= 15 is 0 Å². The average Bonchev–Trinajstić information content (AvgIpc) is 3.14. The molecule has 1 aromatic carbocycles. The molecule has 0 radical (unpaired) electrons. The van der Waals surface area contributed by atoms with Crippen molar-refractivity contribution in [3.8, 4) is 11.5 Å². The van der Waals surface area contributed by atoms with Gasteiger partial charge in [0.1, 0.15) is 5.82 Å². The molecule has 0 aliphatic heterocycles. The van der Waals surface area contributed by atoms with Gasteiger partial charge in [0.15, 0.2) is 0 Å². The van der Waals surface area contributed by atoms with Gasteiger partial charge in [-0.15, -0.1) is 10.2 Å². The molecule has 0 fully saturated rings. The van der Waals surface area contributed by atoms with Crippen LogP contribution < -0.4 is 4.90 Å². The molecule has 10 heteroatoms. The second-order valence-electron chi connectivity index (χ2n) is 7.89. The molecule has 164 valence electrons. The number of carbonyl (C=O) groups is 1. The summed E-state index contributed by atoms with van der Waals surface area (Å²) in [5.74, 6) is 0.639. The molecule has 1 N–H and O–H groups in total. The van der Waals surface area contributed by atoms with Gasteiger partial charge < -0.3 is 9.52 Å². The summed E-state index contributed by atoms with van der Waals surface area (Å²) < 4.78 is 44.2. The van der Waals surface area contributed by atoms with Crippen molar-refractivity contribution in [1.82, 2.24) is 15.2 Å². The highest BCUT2D eigenvalue weighted by molar-refractivity contribution is 5.87. The lowest BCUT2D eigenvalue weighted by Gasteiger charge is -2.32. The van der Waals surface area contributed by atoms with Gasteiger partial charge in [-0.3, -0.25) is 4.90 Å². The minimum atomic E-state index is -4.40. The second kappa shape index (κ2) is 8.37. The Morgan fingerprint density at radius 1 is 1.10 bits per heavy atom. The first-order valence-electron chi connectivity index (χ1n) is 9.43. The number of amides is 1. The van der Waals surface area contributed by atoms with E-state index in [0.717, 1.165) is 17.0 Å². The predicted molar refractivity (Wildman–Crippen MR) is 107 cm³/mol. The maximum atomic E-state index is 12.8. The Balaban J connectivity index is 1.77. The molecular formula is C21H21F3N4O3. The first-order valence-corrected chi connectivity index (χ1v) is 9.43. The molecule has 0 bridgehead atoms. The van der Waals surface area contributed by atoms with E-state index in [4.69, 9.17) is 4.42 Å². The van der Waals surface area contributed by atoms with Crippen LogP contribution in [0.5, 0.6) is 0 Å². The minimum Gasteiger partial charge on any atom is -0.465 e. The van der Waals surface area contributed by atoms with Crippen LogP contribution in [0.3, 0.4) is 0 Å². The van der Waals surface area contributed by atoms with Crippen molar-refractivity contribution in [3.05, 3.63) is 59.6 Å². The summed E-state index contributed by atoms with van der Waals surface area (Å²) in [5, 5.41) is 17.5. The summed E-state index contributed by atoms with van der Waals surface area (Å²) >= 11 is 0. The lowest BCUT2D eigenvalue weighted by Crippen LogP contribution is -2.45. The van der Waals surface area contributed by atoms with Crippen LogP contribution in [0, 0.1) is 0 Å². The maximum absolute atomic E-state index is 12.8. The van der Waals surface area contributed by atoms with Crippen LogP contribution in [0.15, 0.2) is 47.0 Å². The fourth-order valence-corrected chi connectivity index (χ4v) is 3.03. The number of hydrogen-bond acceptors (Lipinski definition) is 5. The van der Waals surface area contributed by atoms with E-state index in [-0.39, 0.29) is 24.0 Å². The van der Waals surface area contributed by atoms with Crippen LogP contribution in [0.25, 0.3) is 11.5 Å². The number of hydrogen-bond donors (Lipinski definition) is 1. The van der Waals surface area contributed by atoms with E-state index in [0.29, 0.717) is 17.5 Å². The zero-order valence-electron chi connectivity index (χ0n) is 17.1. The fraction of sp³-hybridized carbons (Fsp3) is 0.333. The van der Waals surface area contributed by atoms with Gasteiger partial charge in [-0.05, 0) is 51.0 Å². The van der Waals surface area contributed by atoms with Crippen LogP contribution >= 0.6 is 0 Å². The van der Waals surface area contributed by atoms with Crippen LogP contribution in [0.2, 0.25) is 0 Å². The third kappa shape index (κ3) is 5.39. The zero-order chi connectivity index (χ0) is 22.8. The van der Waals surface area contributed by atoms with E-state index in [1.165, 1.54) is 18.3 Å². The largest absolute Gasteiger partial charge is 0.465 e. The highest BCUT2D eigenvalue weighted by Gasteiger charge is 2.31. The Kier molecular flexibility index (Phi) is 6.01. The van der Waals surface area contributed by atoms with Gasteiger partial charge in [0.2, 0.25) is 11.8 Å². The number of aromatic nitrogens is 3. The maximum Gasteiger partial charge on any atom is 0.416 e. The van der Waals surface area contributed by atoms with Gasteiger partial charge in [0.05, 0.1) is 5.56 Å². The predicted octanol–water partition coefficient (Wildman–Crippen LogP) is 5.22. The van der Waals surface area contributed by atoms with E-state index in [2.05, 4.69) is 15.2 Å². The van der Waals surface area contributed by atoms with E-state index < -0.39 is 23.4 Å². The van der Waals surface area contributed by atoms with E-state index in [9.17, 15) is 23.1 Å². The molecule has 0 saturated carbocycles. The molecule has 0 atom stereocenters. The third-order valence-electron chi connectivity index (χ3n) is 4.43. The molecule has 0 unspecified atom stereocenters. The summed E-state index contributed by atoms with van der Waals surface area (Å²) in [5.41, 5.74) is -0.439. The molecule has 2 aromatic heterocycles. The monoisotopic (exact) mass is 434 g/mol. The van der Waals surface area contributed by atoms with Gasteiger partial charge >= 0.3 is 12.3 Å². The smallest absolute Gasteiger partial charge is 0.416 e. The fourth-order valence-electron chi connectivity index (χ4n) is 3.03. The summed E-state index contributed by atoms with van der Waals surface area (Å²) in [6, 6.07) is 8.22. The number of aryl methyl sites for hydroxylation is 2. The molecule has 0 aliphatic rings. The van der Waals surface area contributed by atoms with Crippen molar-refractivity contribution in [1.29, 1.82) is 0 Å². The van der Waals surface area contributed by atoms with Gasteiger partial charge in [0, 0.05) is 23.7 Å². The number of rotatable bonds is 5. The van der Waals surface area contributed by atoms with Crippen LogP contribution in [-0.4, -0.2) is 31.9 Å². The Bertz CT molecular complexity index is 1070. The van der Waals surface area contributed by atoms with Crippen molar-refractivity contribution in [3.63, 3.8) is 0 Å². The lowest BCUT2D eigenvalue weighted by molar-refractivity contribution is -0.137. The molecule has 3 rings (SSSR count). The highest BCUT2D eigenvalue weighted by atomic mass is 19.4. The minimum absolute atomic E-state index is 0.168. The van der Waals surface area contributed by atoms with Gasteiger partial charge in [-0.25, -0.2) is 9.78 Å². The summed E-state index contributed by atoms with van der Waals surface area (Å²) in [4.78, 5) is 16.9. The standard InChI is InChI=1S/C21H21F3N4O3/c1-20(2,3)28(19(29)30)16-12-14(9-10-25-16)18-27-26-17(31-18)8-7-13-5-4-6-15(11-13)21(22,23)24/h4-6,9-12H,7-8H2,1-3H3,(H,29,30). The molecule has 0 aliphatic carbocycles. The number of anilines is 1. The Morgan fingerprint density at radius 3 is 2.48 bits per heavy atom. The number of nitrogens with zero attached hydrogens (tertiary/aromatic N) is 4. The van der Waals surface area contributed by atoms with Crippen LogP contribution in [0.4, 0.5) is 23.8 Å². The Morgan fingerprint density at radius 2 is 1.84 bits per heavy atom. The molecule has 0 saturated heterocycles. The van der Waals surface area contributed by atoms with Gasteiger partial charge in [-0.2, -0.15) is 13.2 Å². The molecular weight excluding hydrogens is 413 g/mol. The molecule has 31 heavy (non-hydrogen) atoms. The molecule has 0 spiro atoms. The van der Waals surface area contributed by atoms with Crippen LogP contribution in [0.1, 0.15) is 37.8 Å². The van der Waals surface area contributed by atoms with E-state index in [1.54, 1.807) is 32.9 Å². The van der Waals surface area contributed by atoms with Crippen molar-refractivity contribution in [2.24, 2.45) is 0 Å². The highest BCUT2D eigenvalue weighted by Crippen LogP contribution is 2.30. The third-order valence-corrected chi connectivity index (χ3v) is 4.43. The van der Waals surface area contributed by atoms with Gasteiger partial charge in [0.25, 0.3) is 0 Å². The van der Waals surface area contributed by atoms with Crippen LogP contribution in [-0.2, 0) is 19.0 Å². The number of alkyl halides is 3. The Labute approximate surface area is 176 Å². The summed E-state index contributed by atoms with van der Waals surface area (Å²) in [7, 11) is 0. The summed E-state index contributed by atoms with van der Waals surface area (Å²) in [6.45, 7) is 5.23. The van der Waals surface area contributed by atoms with Gasteiger partial charge in [-0.1, -0.05) is 18.2 Å². The lowest BCUT2D eigenvalue weighted by atomic mass is 10.1.